The Morgan fingerprint density at radius 1 is 1.08 bits per heavy atom. The van der Waals surface area contributed by atoms with Crippen LogP contribution in [0.5, 0.6) is 17.4 Å². The van der Waals surface area contributed by atoms with Gasteiger partial charge in [-0.15, -0.1) is 11.3 Å². The third kappa shape index (κ3) is 4.75. The Hall–Kier alpha value is -4.15. The van der Waals surface area contributed by atoms with Crippen molar-refractivity contribution in [3.05, 3.63) is 66.6 Å². The predicted molar refractivity (Wildman–Crippen MR) is 151 cm³/mol. The molecule has 2 aromatic carbocycles. The van der Waals surface area contributed by atoms with Gasteiger partial charge in [0.2, 0.25) is 11.8 Å². The summed E-state index contributed by atoms with van der Waals surface area (Å²) in [6.45, 7) is 8.60. The Bertz CT molecular complexity index is 1480. The largest absolute Gasteiger partial charge is 0.486 e. The van der Waals surface area contributed by atoms with Gasteiger partial charge in [-0.2, -0.15) is 4.98 Å². The Morgan fingerprint density at radius 3 is 2.68 bits per heavy atom. The molecule has 2 aromatic heterocycles. The van der Waals surface area contributed by atoms with E-state index in [0.717, 1.165) is 42.1 Å². The number of nitrogens with one attached hydrogen (secondary N) is 1. The van der Waals surface area contributed by atoms with Gasteiger partial charge in [0, 0.05) is 37.6 Å². The van der Waals surface area contributed by atoms with Crippen LogP contribution in [0.1, 0.15) is 0 Å². The number of fused-ring (bicyclic) bond motifs is 2. The van der Waals surface area contributed by atoms with Gasteiger partial charge in [0.15, 0.2) is 11.5 Å². The number of likely N-dealkylation sites (N-methyl/N-ethyl adjacent to an activating group) is 1. The molecule has 0 spiro atoms. The number of para-hydroxylation sites is 1. The van der Waals surface area contributed by atoms with Crippen molar-refractivity contribution in [2.24, 2.45) is 0 Å². The summed E-state index contributed by atoms with van der Waals surface area (Å²) >= 11 is 1.51. The van der Waals surface area contributed by atoms with Crippen molar-refractivity contribution in [2.45, 2.75) is 0 Å². The van der Waals surface area contributed by atoms with Crippen molar-refractivity contribution < 1.29 is 14.3 Å². The third-order valence-corrected chi connectivity index (χ3v) is 7.61. The summed E-state index contributed by atoms with van der Waals surface area (Å²) in [6, 6.07) is 15.8. The molecule has 10 heteroatoms. The van der Waals surface area contributed by atoms with Crippen molar-refractivity contribution in [1.82, 2.24) is 14.9 Å². The van der Waals surface area contributed by atoms with Gasteiger partial charge in [-0.3, -0.25) is 4.79 Å². The van der Waals surface area contributed by atoms with Crippen LogP contribution < -0.4 is 24.6 Å². The number of carbonyl (C=O) groups is 1. The molecule has 1 N–H and O–H groups in total. The van der Waals surface area contributed by atoms with Crippen LogP contribution in [-0.2, 0) is 4.79 Å². The molecule has 9 nitrogen and oxygen atoms in total. The molecular weight excluding hydrogens is 500 g/mol. The van der Waals surface area contributed by atoms with Crippen LogP contribution in [0.2, 0.25) is 0 Å². The molecule has 1 saturated heterocycles. The first kappa shape index (κ1) is 24.2. The molecule has 4 aromatic rings. The SMILES string of the molecule is C=CC(=O)N1CCOc2c(Oc3nc(Nc4ccc(N5CCN(C)CC5)cc4)nc4ccsc34)cccc21. The van der Waals surface area contributed by atoms with Crippen molar-refractivity contribution in [2.75, 3.05) is 61.5 Å². The minimum Gasteiger partial charge on any atom is -0.486 e. The van der Waals surface area contributed by atoms with Gasteiger partial charge in [-0.25, -0.2) is 4.98 Å². The highest BCUT2D eigenvalue weighted by atomic mass is 32.1. The van der Waals surface area contributed by atoms with Crippen LogP contribution in [0.4, 0.5) is 23.0 Å². The first-order valence-corrected chi connectivity index (χ1v) is 13.4. The van der Waals surface area contributed by atoms with Crippen molar-refractivity contribution in [1.29, 1.82) is 0 Å². The fourth-order valence-corrected chi connectivity index (χ4v) is 5.41. The maximum atomic E-state index is 12.4. The molecular formula is C28H28N6O3S. The normalized spacial score (nSPS) is 15.6. The zero-order chi connectivity index (χ0) is 26.1. The van der Waals surface area contributed by atoms with E-state index in [2.05, 4.69) is 45.9 Å². The number of amides is 1. The molecule has 0 radical (unpaired) electrons. The standard InChI is InChI=1S/C28H28N6O3S/c1-3-24(35)34-16-17-36-25-22(34)5-4-6-23(25)37-27-26-21(11-18-38-26)30-28(31-27)29-19-7-9-20(10-8-19)33-14-12-32(2)13-15-33/h3-11,18H,1,12-17H2,2H3,(H,29,30,31). The number of anilines is 4. The van der Waals surface area contributed by atoms with Crippen LogP contribution >= 0.6 is 11.3 Å². The number of benzene rings is 2. The topological polar surface area (TPSA) is 83.1 Å². The summed E-state index contributed by atoms with van der Waals surface area (Å²) in [4.78, 5) is 28.1. The van der Waals surface area contributed by atoms with Crippen molar-refractivity contribution >= 4 is 50.5 Å². The molecule has 2 aliphatic heterocycles. The Morgan fingerprint density at radius 2 is 1.89 bits per heavy atom. The number of aromatic nitrogens is 2. The number of hydrogen-bond donors (Lipinski definition) is 1. The van der Waals surface area contributed by atoms with Gasteiger partial charge in [-0.1, -0.05) is 12.6 Å². The number of nitrogens with zero attached hydrogens (tertiary/aromatic N) is 5. The average Bonchev–Trinajstić information content (AvgIpc) is 3.42. The number of ether oxygens (including phenoxy) is 2. The summed E-state index contributed by atoms with van der Waals surface area (Å²) in [5.41, 5.74) is 3.53. The summed E-state index contributed by atoms with van der Waals surface area (Å²) in [7, 11) is 2.16. The van der Waals surface area contributed by atoms with Crippen LogP contribution in [0.3, 0.4) is 0 Å². The van der Waals surface area contributed by atoms with Gasteiger partial charge in [-0.05, 0) is 61.0 Å². The van der Waals surface area contributed by atoms with Crippen molar-refractivity contribution in [3.63, 3.8) is 0 Å². The zero-order valence-corrected chi connectivity index (χ0v) is 21.9. The third-order valence-electron chi connectivity index (χ3n) is 6.72. The number of carbonyl (C=O) groups excluding carboxylic acids is 1. The molecule has 0 unspecified atom stereocenters. The molecule has 2 aliphatic rings. The summed E-state index contributed by atoms with van der Waals surface area (Å²) in [6.07, 6.45) is 1.30. The molecule has 4 heterocycles. The zero-order valence-electron chi connectivity index (χ0n) is 21.1. The number of hydrogen-bond acceptors (Lipinski definition) is 9. The maximum Gasteiger partial charge on any atom is 0.250 e. The molecule has 0 aliphatic carbocycles. The van der Waals surface area contributed by atoms with Crippen LogP contribution in [-0.4, -0.2) is 67.2 Å². The summed E-state index contributed by atoms with van der Waals surface area (Å²) in [5, 5.41) is 5.28. The van der Waals surface area contributed by atoms with Gasteiger partial charge in [0.25, 0.3) is 5.91 Å². The Labute approximate surface area is 224 Å². The number of piperazine rings is 1. The van der Waals surface area contributed by atoms with E-state index in [1.54, 1.807) is 4.90 Å². The van der Waals surface area contributed by atoms with E-state index < -0.39 is 0 Å². The smallest absolute Gasteiger partial charge is 0.250 e. The van der Waals surface area contributed by atoms with E-state index in [1.807, 2.05) is 41.8 Å². The molecule has 0 atom stereocenters. The summed E-state index contributed by atoms with van der Waals surface area (Å²) in [5.74, 6) is 1.67. The van der Waals surface area contributed by atoms with Crippen molar-refractivity contribution in [3.8, 4) is 17.4 Å². The number of rotatable bonds is 6. The molecule has 194 valence electrons. The lowest BCUT2D eigenvalue weighted by Crippen LogP contribution is -2.44. The first-order chi connectivity index (χ1) is 18.6. The lowest BCUT2D eigenvalue weighted by atomic mass is 10.2. The Kier molecular flexibility index (Phi) is 6.57. The van der Waals surface area contributed by atoms with E-state index in [9.17, 15) is 4.79 Å². The minimum absolute atomic E-state index is 0.181. The molecule has 1 fully saturated rings. The van der Waals surface area contributed by atoms with Gasteiger partial charge < -0.3 is 29.5 Å². The van der Waals surface area contributed by atoms with Gasteiger partial charge in [0.1, 0.15) is 11.3 Å². The number of thiophene rings is 1. The second-order valence-corrected chi connectivity index (χ2v) is 10.1. The van der Waals surface area contributed by atoms with E-state index in [0.29, 0.717) is 42.2 Å². The second-order valence-electron chi connectivity index (χ2n) is 9.20. The van der Waals surface area contributed by atoms with Crippen LogP contribution in [0.15, 0.2) is 66.6 Å². The highest BCUT2D eigenvalue weighted by Crippen LogP contribution is 2.43. The first-order valence-electron chi connectivity index (χ1n) is 12.5. The summed E-state index contributed by atoms with van der Waals surface area (Å²) < 4.78 is 13.1. The highest BCUT2D eigenvalue weighted by Gasteiger charge is 2.26. The van der Waals surface area contributed by atoms with E-state index >= 15 is 0 Å². The second kappa shape index (κ2) is 10.3. The molecule has 0 bridgehead atoms. The van der Waals surface area contributed by atoms with Gasteiger partial charge >= 0.3 is 0 Å². The maximum absolute atomic E-state index is 12.4. The fourth-order valence-electron chi connectivity index (χ4n) is 4.66. The lowest BCUT2D eigenvalue weighted by molar-refractivity contribution is -0.114. The Balaban J connectivity index is 1.26. The quantitative estimate of drug-likeness (QED) is 0.354. The minimum atomic E-state index is -0.181. The van der Waals surface area contributed by atoms with Crippen LogP contribution in [0.25, 0.3) is 10.2 Å². The van der Waals surface area contributed by atoms with Gasteiger partial charge in [0.05, 0.1) is 17.7 Å². The van der Waals surface area contributed by atoms with Crippen LogP contribution in [0, 0.1) is 0 Å². The molecule has 6 rings (SSSR count). The average molecular weight is 529 g/mol. The lowest BCUT2D eigenvalue weighted by Gasteiger charge is -2.34. The fraction of sp³-hybridized carbons (Fsp3) is 0.250. The predicted octanol–water partition coefficient (Wildman–Crippen LogP) is 4.89. The van der Waals surface area contributed by atoms with E-state index in [1.165, 1.54) is 23.1 Å². The molecule has 38 heavy (non-hydrogen) atoms. The molecule has 1 amide bonds. The molecule has 0 saturated carbocycles. The monoisotopic (exact) mass is 528 g/mol. The highest BCUT2D eigenvalue weighted by molar-refractivity contribution is 7.17. The van der Waals surface area contributed by atoms with E-state index in [4.69, 9.17) is 14.5 Å². The van der Waals surface area contributed by atoms with E-state index in [-0.39, 0.29) is 5.91 Å².